The van der Waals surface area contributed by atoms with Gasteiger partial charge in [0.15, 0.2) is 0 Å². The number of halogens is 8. The lowest BCUT2D eigenvalue weighted by atomic mass is 9.98. The predicted molar refractivity (Wildman–Crippen MR) is 68.5 cm³/mol. The van der Waals surface area contributed by atoms with Gasteiger partial charge < -0.3 is 4.74 Å². The van der Waals surface area contributed by atoms with Gasteiger partial charge in [-0.15, -0.1) is 13.2 Å². The molecule has 0 fully saturated rings. The molecule has 2 aromatic rings. The summed E-state index contributed by atoms with van der Waals surface area (Å²) >= 11 is 0. The van der Waals surface area contributed by atoms with E-state index in [1.165, 1.54) is 12.1 Å². The van der Waals surface area contributed by atoms with Gasteiger partial charge in [-0.2, -0.15) is 13.2 Å². The smallest absolute Gasteiger partial charge is 0.405 e. The van der Waals surface area contributed by atoms with Crippen molar-refractivity contribution in [3.8, 4) is 16.9 Å². The molecule has 0 saturated carbocycles. The average molecular weight is 356 g/mol. The van der Waals surface area contributed by atoms with Crippen LogP contribution in [0.5, 0.6) is 5.75 Å². The lowest BCUT2D eigenvalue weighted by Crippen LogP contribution is -2.17. The van der Waals surface area contributed by atoms with E-state index in [4.69, 9.17) is 0 Å². The lowest BCUT2D eigenvalue weighted by Gasteiger charge is -2.16. The number of hydrogen-bond acceptors (Lipinski definition) is 1. The minimum Gasteiger partial charge on any atom is -0.405 e. The fourth-order valence-corrected chi connectivity index (χ4v) is 2.08. The van der Waals surface area contributed by atoms with Crippen LogP contribution in [-0.2, 0) is 6.18 Å². The third kappa shape index (κ3) is 4.15. The third-order valence-corrected chi connectivity index (χ3v) is 3.02. The van der Waals surface area contributed by atoms with Gasteiger partial charge >= 0.3 is 12.5 Å². The van der Waals surface area contributed by atoms with Gasteiger partial charge in [-0.3, -0.25) is 0 Å². The molecule has 130 valence electrons. The zero-order valence-corrected chi connectivity index (χ0v) is 11.6. The van der Waals surface area contributed by atoms with E-state index in [1.807, 2.05) is 0 Å². The summed E-state index contributed by atoms with van der Waals surface area (Å²) in [5.74, 6) is -0.733. The third-order valence-electron chi connectivity index (χ3n) is 3.02. The van der Waals surface area contributed by atoms with E-state index >= 15 is 0 Å². The Morgan fingerprint density at radius 3 is 2.00 bits per heavy atom. The van der Waals surface area contributed by atoms with Gasteiger partial charge in [0.2, 0.25) is 0 Å². The molecule has 2 rings (SSSR count). The Morgan fingerprint density at radius 2 is 1.46 bits per heavy atom. The molecule has 0 aromatic heterocycles. The first-order valence-corrected chi connectivity index (χ1v) is 6.33. The van der Waals surface area contributed by atoms with Gasteiger partial charge in [0, 0.05) is 11.1 Å². The number of alkyl halides is 8. The molecule has 9 heteroatoms. The Morgan fingerprint density at radius 1 is 0.833 bits per heavy atom. The van der Waals surface area contributed by atoms with Crippen molar-refractivity contribution in [1.82, 2.24) is 0 Å². The van der Waals surface area contributed by atoms with Crippen molar-refractivity contribution in [2.45, 2.75) is 19.0 Å². The highest BCUT2D eigenvalue weighted by Gasteiger charge is 2.36. The van der Waals surface area contributed by atoms with Crippen LogP contribution in [0, 0.1) is 0 Å². The number of benzene rings is 2. The van der Waals surface area contributed by atoms with E-state index in [-0.39, 0.29) is 11.1 Å². The lowest BCUT2D eigenvalue weighted by molar-refractivity contribution is -0.274. The second kappa shape index (κ2) is 6.29. The van der Waals surface area contributed by atoms with Gasteiger partial charge in [-0.25, -0.2) is 8.78 Å². The number of para-hydroxylation sites is 1. The second-order valence-corrected chi connectivity index (χ2v) is 4.64. The minimum atomic E-state index is -5.08. The van der Waals surface area contributed by atoms with Crippen LogP contribution in [0.15, 0.2) is 42.5 Å². The maximum absolute atomic E-state index is 12.9. The van der Waals surface area contributed by atoms with Crippen LogP contribution in [0.1, 0.15) is 17.6 Å². The van der Waals surface area contributed by atoms with Crippen LogP contribution in [0.3, 0.4) is 0 Å². The van der Waals surface area contributed by atoms with E-state index < -0.39 is 35.8 Å². The van der Waals surface area contributed by atoms with Gasteiger partial charge in [-0.1, -0.05) is 30.3 Å². The monoisotopic (exact) mass is 356 g/mol. The molecule has 0 saturated heterocycles. The highest BCUT2D eigenvalue weighted by molar-refractivity contribution is 5.71. The Bertz CT molecular complexity index is 718. The van der Waals surface area contributed by atoms with Gasteiger partial charge in [0.25, 0.3) is 6.43 Å². The van der Waals surface area contributed by atoms with Gasteiger partial charge in [0.1, 0.15) is 5.75 Å². The molecular formula is C15H8F8O. The van der Waals surface area contributed by atoms with Crippen LogP contribution in [-0.4, -0.2) is 6.36 Å². The molecule has 1 nitrogen and oxygen atoms in total. The standard InChI is InChI=1S/C15H8F8O/c16-13(17)10-6-5-8(7-11(10)14(18,19)20)9-3-1-2-4-12(9)24-15(21,22)23/h1-7,13H. The maximum atomic E-state index is 12.9. The van der Waals surface area contributed by atoms with Crippen molar-refractivity contribution >= 4 is 0 Å². The fraction of sp³-hybridized carbons (Fsp3) is 0.200. The molecule has 0 aliphatic rings. The molecule has 0 N–H and O–H groups in total. The first kappa shape index (κ1) is 18.0. The van der Waals surface area contributed by atoms with E-state index in [2.05, 4.69) is 4.74 Å². The quantitative estimate of drug-likeness (QED) is 0.594. The van der Waals surface area contributed by atoms with Crippen molar-refractivity contribution in [2.75, 3.05) is 0 Å². The molecule has 0 aliphatic heterocycles. The molecule has 0 spiro atoms. The summed E-state index contributed by atoms with van der Waals surface area (Å²) in [5, 5.41) is 0. The van der Waals surface area contributed by atoms with E-state index in [0.29, 0.717) is 12.1 Å². The Labute approximate surface area is 130 Å². The molecule has 0 heterocycles. The number of ether oxygens (including phenoxy) is 1. The molecule has 0 unspecified atom stereocenters. The van der Waals surface area contributed by atoms with E-state index in [9.17, 15) is 35.1 Å². The maximum Gasteiger partial charge on any atom is 0.573 e. The van der Waals surface area contributed by atoms with Crippen LogP contribution < -0.4 is 4.74 Å². The van der Waals surface area contributed by atoms with Crippen molar-refractivity contribution in [1.29, 1.82) is 0 Å². The van der Waals surface area contributed by atoms with E-state index in [0.717, 1.165) is 18.2 Å². The van der Waals surface area contributed by atoms with Crippen molar-refractivity contribution in [2.24, 2.45) is 0 Å². The second-order valence-electron chi connectivity index (χ2n) is 4.64. The molecule has 0 aliphatic carbocycles. The Kier molecular flexibility index (Phi) is 4.73. The highest BCUT2D eigenvalue weighted by Crippen LogP contribution is 2.41. The highest BCUT2D eigenvalue weighted by atomic mass is 19.4. The van der Waals surface area contributed by atoms with Crippen LogP contribution in [0.25, 0.3) is 11.1 Å². The molecule has 0 amide bonds. The number of hydrogen-bond donors (Lipinski definition) is 0. The average Bonchev–Trinajstić information content (AvgIpc) is 2.44. The van der Waals surface area contributed by atoms with Crippen LogP contribution >= 0.6 is 0 Å². The summed E-state index contributed by atoms with van der Waals surface area (Å²) in [4.78, 5) is 0. The summed E-state index contributed by atoms with van der Waals surface area (Å²) in [6.45, 7) is 0. The summed E-state index contributed by atoms with van der Waals surface area (Å²) in [5.41, 5.74) is -3.50. The molecular weight excluding hydrogens is 348 g/mol. The Balaban J connectivity index is 2.59. The SMILES string of the molecule is FC(F)c1ccc(-c2ccccc2OC(F)(F)F)cc1C(F)(F)F. The molecule has 0 atom stereocenters. The topological polar surface area (TPSA) is 9.23 Å². The molecule has 2 aromatic carbocycles. The molecule has 0 bridgehead atoms. The van der Waals surface area contributed by atoms with Crippen LogP contribution in [0.4, 0.5) is 35.1 Å². The fourth-order valence-electron chi connectivity index (χ4n) is 2.08. The minimum absolute atomic E-state index is 0.304. The zero-order valence-electron chi connectivity index (χ0n) is 11.6. The van der Waals surface area contributed by atoms with Crippen molar-refractivity contribution in [3.05, 3.63) is 53.6 Å². The first-order chi connectivity index (χ1) is 11.0. The van der Waals surface area contributed by atoms with Crippen LogP contribution in [0.2, 0.25) is 0 Å². The normalized spacial score (nSPS) is 12.5. The predicted octanol–water partition coefficient (Wildman–Crippen LogP) is 6.21. The first-order valence-electron chi connectivity index (χ1n) is 6.33. The summed E-state index contributed by atoms with van der Waals surface area (Å²) < 4.78 is 105. The van der Waals surface area contributed by atoms with Crippen molar-refractivity contribution < 1.29 is 39.9 Å². The molecule has 24 heavy (non-hydrogen) atoms. The zero-order chi connectivity index (χ0) is 18.1. The largest absolute Gasteiger partial charge is 0.573 e. The summed E-state index contributed by atoms with van der Waals surface area (Å²) in [6, 6.07) is 6.29. The summed E-state index contributed by atoms with van der Waals surface area (Å²) in [6.07, 6.45) is -13.5. The van der Waals surface area contributed by atoms with Gasteiger partial charge in [0.05, 0.1) is 5.56 Å². The van der Waals surface area contributed by atoms with E-state index in [1.54, 1.807) is 0 Å². The number of rotatable bonds is 3. The molecule has 0 radical (unpaired) electrons. The van der Waals surface area contributed by atoms with Crippen molar-refractivity contribution in [3.63, 3.8) is 0 Å². The summed E-state index contributed by atoms with van der Waals surface area (Å²) in [7, 11) is 0. The van der Waals surface area contributed by atoms with Gasteiger partial charge in [-0.05, 0) is 17.7 Å². The Hall–Kier alpha value is -2.32.